The molecule has 1 N–H and O–H groups in total. The summed E-state index contributed by atoms with van der Waals surface area (Å²) in [5.74, 6) is 0. The van der Waals surface area contributed by atoms with Gasteiger partial charge in [-0.1, -0.05) is 0 Å². The van der Waals surface area contributed by atoms with Gasteiger partial charge in [0.2, 0.25) is 0 Å². The molecule has 1 fully saturated rings. The van der Waals surface area contributed by atoms with E-state index in [1.165, 1.54) is 0 Å². The van der Waals surface area contributed by atoms with Gasteiger partial charge in [0, 0.05) is 6.61 Å². The number of aliphatic hydroxyl groups is 1. The third kappa shape index (κ3) is 3.18. The molecule has 1 rings (SSSR count). The van der Waals surface area contributed by atoms with Crippen LogP contribution in [0.1, 0.15) is 19.3 Å². The molecular formula is C8H15O3. The van der Waals surface area contributed by atoms with E-state index < -0.39 is 0 Å². The van der Waals surface area contributed by atoms with Crippen LogP contribution in [0.15, 0.2) is 0 Å². The minimum atomic E-state index is -0.349. The molecule has 0 spiro atoms. The fourth-order valence-corrected chi connectivity index (χ4v) is 1.08. The van der Waals surface area contributed by atoms with Gasteiger partial charge in [-0.2, -0.15) is 0 Å². The fraction of sp³-hybridized carbons (Fsp3) is 0.875. The van der Waals surface area contributed by atoms with Crippen molar-refractivity contribution in [2.45, 2.75) is 31.7 Å². The zero-order valence-electron chi connectivity index (χ0n) is 6.66. The largest absolute Gasteiger partial charge is 0.394 e. The van der Waals surface area contributed by atoms with Crippen molar-refractivity contribution < 1.29 is 14.6 Å². The Bertz CT molecular complexity index is 99.5. The summed E-state index contributed by atoms with van der Waals surface area (Å²) in [7, 11) is 0. The first-order valence-electron chi connectivity index (χ1n) is 4.04. The molecule has 0 aromatic heterocycles. The van der Waals surface area contributed by atoms with Gasteiger partial charge in [-0.15, -0.1) is 0 Å². The standard InChI is InChI=1S/C8H15O3/c1-7(6-9)11-8-4-2-3-5-10-8/h7-9H,1-6H2. The average Bonchev–Trinajstić information content (AvgIpc) is 2.06. The Balaban J connectivity index is 2.13. The van der Waals surface area contributed by atoms with Crippen molar-refractivity contribution in [1.29, 1.82) is 0 Å². The predicted molar refractivity (Wildman–Crippen MR) is 40.9 cm³/mol. The van der Waals surface area contributed by atoms with Gasteiger partial charge in [0.05, 0.1) is 12.7 Å². The molecule has 0 aromatic carbocycles. The molecule has 1 saturated heterocycles. The summed E-state index contributed by atoms with van der Waals surface area (Å²) in [5, 5.41) is 8.62. The van der Waals surface area contributed by atoms with Gasteiger partial charge >= 0.3 is 0 Å². The van der Waals surface area contributed by atoms with Crippen LogP contribution in [0.25, 0.3) is 0 Å². The number of aliphatic hydroxyl groups excluding tert-OH is 1. The highest BCUT2D eigenvalue weighted by molar-refractivity contribution is 4.61. The van der Waals surface area contributed by atoms with E-state index in [2.05, 4.69) is 6.92 Å². The predicted octanol–water partition coefficient (Wildman–Crippen LogP) is 0.725. The second kappa shape index (κ2) is 4.70. The van der Waals surface area contributed by atoms with Gasteiger partial charge in [0.15, 0.2) is 6.29 Å². The summed E-state index contributed by atoms with van der Waals surface area (Å²) in [4.78, 5) is 0. The van der Waals surface area contributed by atoms with Gasteiger partial charge in [-0.3, -0.25) is 0 Å². The monoisotopic (exact) mass is 159 g/mol. The van der Waals surface area contributed by atoms with Crippen molar-refractivity contribution in [2.75, 3.05) is 13.2 Å². The van der Waals surface area contributed by atoms with Crippen LogP contribution in [0, 0.1) is 6.92 Å². The zero-order valence-corrected chi connectivity index (χ0v) is 6.66. The molecule has 0 bridgehead atoms. The molecule has 1 aliphatic rings. The Morgan fingerprint density at radius 3 is 3.00 bits per heavy atom. The van der Waals surface area contributed by atoms with E-state index >= 15 is 0 Å². The van der Waals surface area contributed by atoms with E-state index in [-0.39, 0.29) is 19.0 Å². The first-order chi connectivity index (χ1) is 5.33. The highest BCUT2D eigenvalue weighted by Gasteiger charge is 2.16. The minimum absolute atomic E-state index is 0.0418. The maximum Gasteiger partial charge on any atom is 0.158 e. The highest BCUT2D eigenvalue weighted by Crippen LogP contribution is 2.14. The quantitative estimate of drug-likeness (QED) is 0.659. The van der Waals surface area contributed by atoms with Gasteiger partial charge in [-0.25, -0.2) is 0 Å². The summed E-state index contributed by atoms with van der Waals surface area (Å²) in [6.45, 7) is 4.32. The number of hydrogen-bond acceptors (Lipinski definition) is 3. The van der Waals surface area contributed by atoms with Crippen molar-refractivity contribution in [2.24, 2.45) is 0 Å². The molecule has 3 heteroatoms. The normalized spacial score (nSPS) is 28.4. The van der Waals surface area contributed by atoms with Gasteiger partial charge in [0.25, 0.3) is 0 Å². The number of rotatable bonds is 3. The Labute approximate surface area is 67.3 Å². The van der Waals surface area contributed by atoms with Crippen molar-refractivity contribution in [3.63, 3.8) is 0 Å². The molecule has 11 heavy (non-hydrogen) atoms. The summed E-state index contributed by atoms with van der Waals surface area (Å²) in [5.41, 5.74) is 0. The van der Waals surface area contributed by atoms with Gasteiger partial charge in [-0.05, 0) is 26.2 Å². The maximum atomic E-state index is 8.62. The second-order valence-electron chi connectivity index (χ2n) is 2.74. The Morgan fingerprint density at radius 2 is 2.45 bits per heavy atom. The molecule has 2 unspecified atom stereocenters. The van der Waals surface area contributed by atoms with Gasteiger partial charge in [0.1, 0.15) is 0 Å². The lowest BCUT2D eigenvalue weighted by atomic mass is 10.2. The highest BCUT2D eigenvalue weighted by atomic mass is 16.7. The summed E-state index contributed by atoms with van der Waals surface area (Å²) < 4.78 is 10.5. The van der Waals surface area contributed by atoms with Crippen molar-refractivity contribution in [3.8, 4) is 0 Å². The lowest BCUT2D eigenvalue weighted by Crippen LogP contribution is -2.28. The fourth-order valence-electron chi connectivity index (χ4n) is 1.08. The third-order valence-electron chi connectivity index (χ3n) is 1.69. The Morgan fingerprint density at radius 1 is 1.64 bits per heavy atom. The SMILES string of the molecule is [CH2]C(CO)OC1CCCCO1. The van der Waals surface area contributed by atoms with E-state index in [1.807, 2.05) is 0 Å². The van der Waals surface area contributed by atoms with Crippen LogP contribution >= 0.6 is 0 Å². The smallest absolute Gasteiger partial charge is 0.158 e. The van der Waals surface area contributed by atoms with Crippen molar-refractivity contribution >= 4 is 0 Å². The van der Waals surface area contributed by atoms with Crippen LogP contribution in [0.5, 0.6) is 0 Å². The lowest BCUT2D eigenvalue weighted by molar-refractivity contribution is -0.184. The summed E-state index contributed by atoms with van der Waals surface area (Å²) in [6, 6.07) is 0. The van der Waals surface area contributed by atoms with E-state index in [0.29, 0.717) is 0 Å². The Kier molecular flexibility index (Phi) is 3.83. The molecule has 0 aromatic rings. The third-order valence-corrected chi connectivity index (χ3v) is 1.69. The Hall–Kier alpha value is -0.120. The molecule has 1 heterocycles. The average molecular weight is 159 g/mol. The molecule has 0 saturated carbocycles. The van der Waals surface area contributed by atoms with Crippen LogP contribution < -0.4 is 0 Å². The minimum Gasteiger partial charge on any atom is -0.394 e. The number of hydrogen-bond donors (Lipinski definition) is 1. The van der Waals surface area contributed by atoms with Crippen LogP contribution in [-0.2, 0) is 9.47 Å². The first-order valence-corrected chi connectivity index (χ1v) is 4.04. The molecule has 0 aliphatic carbocycles. The number of ether oxygens (including phenoxy) is 2. The molecule has 65 valence electrons. The van der Waals surface area contributed by atoms with E-state index in [4.69, 9.17) is 14.6 Å². The second-order valence-corrected chi connectivity index (χ2v) is 2.74. The van der Waals surface area contributed by atoms with Crippen LogP contribution in [0.3, 0.4) is 0 Å². The summed E-state index contributed by atoms with van der Waals surface area (Å²) in [6.07, 6.45) is 2.69. The van der Waals surface area contributed by atoms with E-state index in [1.54, 1.807) is 0 Å². The van der Waals surface area contributed by atoms with Crippen LogP contribution in [0.4, 0.5) is 0 Å². The lowest BCUT2D eigenvalue weighted by Gasteiger charge is -2.25. The molecule has 1 radical (unpaired) electrons. The first kappa shape index (κ1) is 8.97. The van der Waals surface area contributed by atoms with Crippen molar-refractivity contribution in [1.82, 2.24) is 0 Å². The maximum absolute atomic E-state index is 8.62. The molecular weight excluding hydrogens is 144 g/mol. The van der Waals surface area contributed by atoms with Gasteiger partial charge < -0.3 is 14.6 Å². The summed E-state index contributed by atoms with van der Waals surface area (Å²) >= 11 is 0. The van der Waals surface area contributed by atoms with Crippen LogP contribution in [0.2, 0.25) is 0 Å². The van der Waals surface area contributed by atoms with E-state index in [9.17, 15) is 0 Å². The van der Waals surface area contributed by atoms with Crippen molar-refractivity contribution in [3.05, 3.63) is 6.92 Å². The zero-order chi connectivity index (χ0) is 8.10. The molecule has 0 amide bonds. The van der Waals surface area contributed by atoms with E-state index in [0.717, 1.165) is 25.9 Å². The molecule has 2 atom stereocenters. The molecule has 3 nitrogen and oxygen atoms in total. The topological polar surface area (TPSA) is 38.7 Å². The molecule has 1 aliphatic heterocycles. The van der Waals surface area contributed by atoms with Crippen LogP contribution in [-0.4, -0.2) is 30.7 Å².